The summed E-state index contributed by atoms with van der Waals surface area (Å²) >= 11 is 0. The van der Waals surface area contributed by atoms with Gasteiger partial charge in [-0.3, -0.25) is 9.78 Å². The van der Waals surface area contributed by atoms with E-state index < -0.39 is 46.2 Å². The Morgan fingerprint density at radius 2 is 1.91 bits per heavy atom. The van der Waals surface area contributed by atoms with Gasteiger partial charge in [0, 0.05) is 42.3 Å². The van der Waals surface area contributed by atoms with Crippen LogP contribution in [-0.4, -0.2) is 40.3 Å². The number of pyridine rings is 1. The number of nitriles is 1. The molecule has 240 valence electrons. The average molecular weight is 627 g/mol. The molecule has 3 aliphatic rings. The van der Waals surface area contributed by atoms with Gasteiger partial charge in [-0.2, -0.15) is 5.26 Å². The van der Waals surface area contributed by atoms with Crippen LogP contribution in [0.3, 0.4) is 0 Å². The van der Waals surface area contributed by atoms with Gasteiger partial charge in [0.15, 0.2) is 0 Å². The van der Waals surface area contributed by atoms with Crippen LogP contribution in [0, 0.1) is 39.9 Å². The predicted octanol–water partition coefficient (Wildman–Crippen LogP) is 5.63. The lowest BCUT2D eigenvalue weighted by molar-refractivity contribution is -0.257. The summed E-state index contributed by atoms with van der Waals surface area (Å²) in [5.41, 5.74) is -1.86. The minimum absolute atomic E-state index is 0.0227. The predicted molar refractivity (Wildman–Crippen MR) is 165 cm³/mol. The molecule has 2 aromatic heterocycles. The molecule has 1 N–H and O–H groups in total. The zero-order chi connectivity index (χ0) is 33.0. The first-order valence-electron chi connectivity index (χ1n) is 15.6. The largest absolute Gasteiger partial charge is 0.482 e. The maximum absolute atomic E-state index is 13.7. The quantitative estimate of drug-likeness (QED) is 0.353. The number of fused-ring (bicyclic) bond motifs is 4. The number of hydrogen-bond donors (Lipinski definition) is 1. The summed E-state index contributed by atoms with van der Waals surface area (Å²) in [6.45, 7) is 9.69. The minimum Gasteiger partial charge on any atom is -0.482 e. The van der Waals surface area contributed by atoms with E-state index in [4.69, 9.17) is 18.6 Å². The fraction of sp³-hybridized carbons (Fsp3) is 0.472. The van der Waals surface area contributed by atoms with Crippen molar-refractivity contribution < 1.29 is 33.3 Å². The molecule has 3 aromatic rings. The molecule has 46 heavy (non-hydrogen) atoms. The third kappa shape index (κ3) is 4.98. The van der Waals surface area contributed by atoms with Crippen LogP contribution in [0.5, 0.6) is 5.75 Å². The van der Waals surface area contributed by atoms with Crippen LogP contribution in [-0.2, 0) is 14.3 Å². The van der Waals surface area contributed by atoms with Gasteiger partial charge in [0.25, 0.3) is 0 Å². The number of aromatic nitrogens is 1. The molecule has 1 aliphatic heterocycles. The average Bonchev–Trinajstić information content (AvgIpc) is 3.03. The van der Waals surface area contributed by atoms with E-state index in [2.05, 4.69) is 25.8 Å². The summed E-state index contributed by atoms with van der Waals surface area (Å²) in [5, 5.41) is 21.5. The molecule has 10 heteroatoms. The van der Waals surface area contributed by atoms with Crippen LogP contribution in [0.25, 0.3) is 11.3 Å². The van der Waals surface area contributed by atoms with Gasteiger partial charge in [-0.1, -0.05) is 20.8 Å². The van der Waals surface area contributed by atoms with Gasteiger partial charge in [0.1, 0.15) is 28.8 Å². The highest BCUT2D eigenvalue weighted by Crippen LogP contribution is 2.68. The van der Waals surface area contributed by atoms with Crippen LogP contribution >= 0.6 is 0 Å². The molecule has 2 aliphatic carbocycles. The fourth-order valence-electron chi connectivity index (χ4n) is 8.58. The van der Waals surface area contributed by atoms with Crippen LogP contribution in [0.4, 0.5) is 0 Å². The normalized spacial score (nSPS) is 32.8. The number of aliphatic hydroxyl groups is 1. The molecule has 0 spiro atoms. The number of carbonyl (C=O) groups is 2. The Labute approximate surface area is 267 Å². The number of rotatable bonds is 5. The molecule has 10 nitrogen and oxygen atoms in total. The number of nitrogens with zero attached hydrogens (tertiary/aromatic N) is 2. The van der Waals surface area contributed by atoms with Crippen LogP contribution in [0.15, 0.2) is 64.1 Å². The summed E-state index contributed by atoms with van der Waals surface area (Å²) in [7, 11) is 0. The smallest absolute Gasteiger partial charge is 0.345 e. The highest BCUT2D eigenvalue weighted by atomic mass is 16.6. The van der Waals surface area contributed by atoms with E-state index in [1.54, 1.807) is 54.9 Å². The Morgan fingerprint density at radius 1 is 1.17 bits per heavy atom. The topological polar surface area (TPSA) is 149 Å². The molecule has 1 aromatic carbocycles. The minimum atomic E-state index is -1.30. The van der Waals surface area contributed by atoms with Crippen LogP contribution < -0.4 is 10.4 Å². The highest BCUT2D eigenvalue weighted by molar-refractivity contribution is 5.89. The summed E-state index contributed by atoms with van der Waals surface area (Å²) < 4.78 is 24.4. The molecule has 2 fully saturated rings. The van der Waals surface area contributed by atoms with Gasteiger partial charge in [0.05, 0.1) is 29.9 Å². The first-order valence-corrected chi connectivity index (χ1v) is 15.6. The monoisotopic (exact) mass is 626 g/mol. The van der Waals surface area contributed by atoms with Crippen molar-refractivity contribution in [2.24, 2.45) is 28.6 Å². The SMILES string of the molecule is CC(=O)OC[C@@]1(C)C2C[C@H](OC(=O)c3ccc(C#N)cc3)[C@@]3(C)Oc4cc(-c5cccnc5)oc(=O)c4[C@H](O)C3[C@@]2(C)CC[C@@H]1C. The van der Waals surface area contributed by atoms with Crippen molar-refractivity contribution in [3.8, 4) is 23.1 Å². The Morgan fingerprint density at radius 3 is 2.57 bits per heavy atom. The molecular weight excluding hydrogens is 588 g/mol. The van der Waals surface area contributed by atoms with Gasteiger partial charge in [-0.25, -0.2) is 9.59 Å². The van der Waals surface area contributed by atoms with E-state index in [1.165, 1.54) is 6.92 Å². The van der Waals surface area contributed by atoms with Gasteiger partial charge >= 0.3 is 17.6 Å². The van der Waals surface area contributed by atoms with E-state index in [1.807, 2.05) is 13.0 Å². The molecule has 2 saturated carbocycles. The molecule has 3 heterocycles. The van der Waals surface area contributed by atoms with Crippen molar-refractivity contribution >= 4 is 11.9 Å². The maximum Gasteiger partial charge on any atom is 0.345 e. The number of ether oxygens (including phenoxy) is 3. The number of esters is 2. The van der Waals surface area contributed by atoms with Gasteiger partial charge in [-0.05, 0) is 79.8 Å². The van der Waals surface area contributed by atoms with E-state index in [0.717, 1.165) is 6.42 Å². The summed E-state index contributed by atoms with van der Waals surface area (Å²) in [6, 6.07) is 13.3. The zero-order valence-electron chi connectivity index (χ0n) is 26.6. The van der Waals surface area contributed by atoms with Crippen molar-refractivity contribution in [3.05, 3.63) is 82.0 Å². The van der Waals surface area contributed by atoms with E-state index in [0.29, 0.717) is 24.0 Å². The maximum atomic E-state index is 13.7. The molecular formula is C36H38N2O8. The second-order valence-electron chi connectivity index (χ2n) is 13.7. The van der Waals surface area contributed by atoms with Crippen molar-refractivity contribution in [2.75, 3.05) is 6.61 Å². The summed E-state index contributed by atoms with van der Waals surface area (Å²) in [4.78, 5) is 43.4. The Balaban J connectivity index is 1.48. The second-order valence-corrected chi connectivity index (χ2v) is 13.7. The molecule has 6 rings (SSSR count). The standard InChI is InChI=1S/C36H38N2O8/c1-20-12-13-34(3)27(35(20,4)19-43-21(2)39)16-28(45-32(41)23-10-8-22(17-37)9-11-23)36(5)31(34)30(40)29-26(46-36)15-25(44-33(29)42)24-7-6-14-38-18-24/h6-11,14-15,18,20,27-28,30-31,40H,12-13,16,19H2,1-5H3/t20-,27?,28-,30-,31?,34-,35+,36+/m0/s1. The van der Waals surface area contributed by atoms with Gasteiger partial charge < -0.3 is 23.7 Å². The lowest BCUT2D eigenvalue weighted by atomic mass is 9.41. The number of benzene rings is 1. The Kier molecular flexibility index (Phi) is 7.80. The van der Waals surface area contributed by atoms with Crippen molar-refractivity contribution in [2.45, 2.75) is 71.7 Å². The van der Waals surface area contributed by atoms with E-state index in [-0.39, 0.29) is 47.0 Å². The third-order valence-corrected chi connectivity index (χ3v) is 11.2. The van der Waals surface area contributed by atoms with Crippen molar-refractivity contribution in [3.63, 3.8) is 0 Å². The molecule has 2 unspecified atom stereocenters. The molecule has 0 radical (unpaired) electrons. The van der Waals surface area contributed by atoms with E-state index in [9.17, 15) is 24.8 Å². The van der Waals surface area contributed by atoms with Gasteiger partial charge in [-0.15, -0.1) is 0 Å². The first kappa shape index (κ1) is 31.5. The molecule has 0 bridgehead atoms. The number of carbonyl (C=O) groups excluding carboxylic acids is 2. The molecule has 0 amide bonds. The third-order valence-electron chi connectivity index (χ3n) is 11.2. The second kappa shape index (κ2) is 11.4. The number of aliphatic hydroxyl groups excluding tert-OH is 1. The first-order chi connectivity index (χ1) is 21.8. The van der Waals surface area contributed by atoms with Crippen LogP contribution in [0.2, 0.25) is 0 Å². The Hall–Kier alpha value is -4.49. The van der Waals surface area contributed by atoms with Crippen LogP contribution in [0.1, 0.15) is 81.5 Å². The highest BCUT2D eigenvalue weighted by Gasteiger charge is 2.70. The lowest BCUT2D eigenvalue weighted by Crippen LogP contribution is -2.70. The summed E-state index contributed by atoms with van der Waals surface area (Å²) in [6.07, 6.45) is 2.88. The summed E-state index contributed by atoms with van der Waals surface area (Å²) in [5.74, 6) is -1.33. The molecule has 8 atom stereocenters. The van der Waals surface area contributed by atoms with Gasteiger partial charge in [0.2, 0.25) is 0 Å². The fourth-order valence-corrected chi connectivity index (χ4v) is 8.58. The molecule has 0 saturated heterocycles. The van der Waals surface area contributed by atoms with Crippen molar-refractivity contribution in [1.82, 2.24) is 4.98 Å². The lowest BCUT2D eigenvalue weighted by Gasteiger charge is -2.66. The van der Waals surface area contributed by atoms with Crippen molar-refractivity contribution in [1.29, 1.82) is 5.26 Å². The van der Waals surface area contributed by atoms with E-state index >= 15 is 0 Å². The Bertz CT molecular complexity index is 1770. The zero-order valence-corrected chi connectivity index (χ0v) is 26.6. The number of hydrogen-bond acceptors (Lipinski definition) is 10.